The van der Waals surface area contributed by atoms with Crippen molar-refractivity contribution in [2.45, 2.75) is 31.7 Å². The Hall–Kier alpha value is -2.42. The van der Waals surface area contributed by atoms with Gasteiger partial charge in [0.15, 0.2) is 9.84 Å². The van der Waals surface area contributed by atoms with Crippen LogP contribution in [0.25, 0.3) is 5.65 Å². The molecule has 8 nitrogen and oxygen atoms in total. The van der Waals surface area contributed by atoms with Crippen molar-refractivity contribution in [1.29, 1.82) is 0 Å². The van der Waals surface area contributed by atoms with E-state index in [0.29, 0.717) is 23.4 Å². The zero-order chi connectivity index (χ0) is 18.9. The fraction of sp³-hybridized carbons (Fsp3) is 0.500. The van der Waals surface area contributed by atoms with Gasteiger partial charge in [-0.3, -0.25) is 9.20 Å². The van der Waals surface area contributed by atoms with E-state index in [0.717, 1.165) is 25.9 Å². The Labute approximate surface area is 157 Å². The highest BCUT2D eigenvalue weighted by atomic mass is 32.2. The summed E-state index contributed by atoms with van der Waals surface area (Å²) in [6.07, 6.45) is 7.05. The molecule has 0 radical (unpaired) electrons. The van der Waals surface area contributed by atoms with Gasteiger partial charge in [-0.15, -0.1) is 0 Å². The Balaban J connectivity index is 1.68. The lowest BCUT2D eigenvalue weighted by molar-refractivity contribution is 0.572. The molecule has 0 spiro atoms. The predicted octanol–water partition coefficient (Wildman–Crippen LogP) is 0.795. The van der Waals surface area contributed by atoms with E-state index in [4.69, 9.17) is 4.98 Å². The number of pyridine rings is 1. The minimum Gasteiger partial charge on any atom is -0.356 e. The first-order valence-electron chi connectivity index (χ1n) is 9.29. The molecule has 27 heavy (non-hydrogen) atoms. The molecular weight excluding hydrogens is 366 g/mol. The minimum atomic E-state index is -2.98. The highest BCUT2D eigenvalue weighted by molar-refractivity contribution is 7.91. The second-order valence-electron chi connectivity index (χ2n) is 7.12. The molecule has 9 heteroatoms. The summed E-state index contributed by atoms with van der Waals surface area (Å²) in [4.78, 5) is 19.8. The first-order chi connectivity index (χ1) is 13.0. The van der Waals surface area contributed by atoms with Crippen LogP contribution in [0.4, 0.5) is 5.82 Å². The Kier molecular flexibility index (Phi) is 4.86. The van der Waals surface area contributed by atoms with E-state index < -0.39 is 9.84 Å². The average molecular weight is 389 g/mol. The molecule has 144 valence electrons. The van der Waals surface area contributed by atoms with Crippen LogP contribution in [0, 0.1) is 0 Å². The van der Waals surface area contributed by atoms with Crippen LogP contribution in [0.3, 0.4) is 0 Å². The maximum Gasteiger partial charge on any atom is 0.268 e. The normalized spacial score (nSPS) is 22.5. The van der Waals surface area contributed by atoms with Crippen molar-refractivity contribution in [3.8, 4) is 0 Å². The van der Waals surface area contributed by atoms with Gasteiger partial charge in [-0.2, -0.15) is 5.10 Å². The summed E-state index contributed by atoms with van der Waals surface area (Å²) >= 11 is 0. The number of hydrogen-bond donors (Lipinski definition) is 1. The number of nitrogens with zero attached hydrogens (tertiary/aromatic N) is 4. The van der Waals surface area contributed by atoms with Crippen molar-refractivity contribution in [3.05, 3.63) is 40.3 Å². The van der Waals surface area contributed by atoms with Gasteiger partial charge in [-0.05, 0) is 37.8 Å². The molecule has 2 fully saturated rings. The molecule has 0 aromatic carbocycles. The number of sulfone groups is 1. The van der Waals surface area contributed by atoms with Crippen LogP contribution in [-0.4, -0.2) is 54.7 Å². The highest BCUT2D eigenvalue weighted by Crippen LogP contribution is 2.20. The molecular formula is C18H23N5O3S. The van der Waals surface area contributed by atoms with Gasteiger partial charge in [-0.25, -0.2) is 13.4 Å². The van der Waals surface area contributed by atoms with Crippen LogP contribution >= 0.6 is 0 Å². The number of aromatic nitrogens is 2. The van der Waals surface area contributed by atoms with E-state index in [9.17, 15) is 13.2 Å². The molecule has 2 aromatic rings. The van der Waals surface area contributed by atoms with Crippen molar-refractivity contribution in [1.82, 2.24) is 14.8 Å². The lowest BCUT2D eigenvalue weighted by atomic mass is 10.1. The molecule has 0 amide bonds. The van der Waals surface area contributed by atoms with Crippen molar-refractivity contribution in [3.63, 3.8) is 0 Å². The fourth-order valence-electron chi connectivity index (χ4n) is 3.65. The summed E-state index contributed by atoms with van der Waals surface area (Å²) < 4.78 is 24.7. The van der Waals surface area contributed by atoms with Crippen LogP contribution in [0.5, 0.6) is 0 Å². The molecule has 4 heterocycles. The maximum absolute atomic E-state index is 13.0. The Morgan fingerprint density at radius 2 is 2.04 bits per heavy atom. The summed E-state index contributed by atoms with van der Waals surface area (Å²) in [5, 5.41) is 4.19. The molecule has 2 aromatic heterocycles. The lowest BCUT2D eigenvalue weighted by Gasteiger charge is -2.28. The molecule has 2 aliphatic heterocycles. The third kappa shape index (κ3) is 3.83. The number of nitrogens with one attached hydrogen (secondary N) is 1. The summed E-state index contributed by atoms with van der Waals surface area (Å²) in [5.74, 6) is 0.910. The third-order valence-corrected chi connectivity index (χ3v) is 6.86. The Morgan fingerprint density at radius 3 is 2.78 bits per heavy atom. The summed E-state index contributed by atoms with van der Waals surface area (Å²) in [6, 6.07) is 5.26. The Morgan fingerprint density at radius 1 is 1.22 bits per heavy atom. The SMILES string of the molecule is O=c1c(/C=N/NC2CCS(=O)(=O)C2)c(N2CCCCC2)nc2ccccn12. The van der Waals surface area contributed by atoms with E-state index in [1.807, 2.05) is 12.1 Å². The first kappa shape index (κ1) is 18.0. The van der Waals surface area contributed by atoms with Gasteiger partial charge in [0.2, 0.25) is 0 Å². The summed E-state index contributed by atoms with van der Waals surface area (Å²) in [7, 11) is -2.98. The smallest absolute Gasteiger partial charge is 0.268 e. The zero-order valence-electron chi connectivity index (χ0n) is 15.0. The number of rotatable bonds is 4. The van der Waals surface area contributed by atoms with E-state index in [-0.39, 0.29) is 23.1 Å². The van der Waals surface area contributed by atoms with Crippen LogP contribution in [0.15, 0.2) is 34.3 Å². The number of anilines is 1. The van der Waals surface area contributed by atoms with Gasteiger partial charge in [0, 0.05) is 19.3 Å². The molecule has 1 atom stereocenters. The van der Waals surface area contributed by atoms with E-state index >= 15 is 0 Å². The summed E-state index contributed by atoms with van der Waals surface area (Å²) in [5.41, 5.74) is 3.74. The van der Waals surface area contributed by atoms with Gasteiger partial charge in [0.25, 0.3) is 5.56 Å². The predicted molar refractivity (Wildman–Crippen MR) is 105 cm³/mol. The van der Waals surface area contributed by atoms with Crippen molar-refractivity contribution in [2.75, 3.05) is 29.5 Å². The van der Waals surface area contributed by atoms with Gasteiger partial charge in [0.05, 0.1) is 23.8 Å². The van der Waals surface area contributed by atoms with Crippen molar-refractivity contribution >= 4 is 27.5 Å². The molecule has 2 aliphatic rings. The van der Waals surface area contributed by atoms with E-state index in [1.165, 1.54) is 17.0 Å². The molecule has 4 rings (SSSR count). The second kappa shape index (κ2) is 7.30. The fourth-order valence-corrected chi connectivity index (χ4v) is 5.32. The standard InChI is InChI=1S/C18H23N5O3S/c24-18-15(12-19-21-14-7-11-27(25,26)13-14)17(22-8-3-1-4-9-22)20-16-6-2-5-10-23(16)18/h2,5-6,10,12,14,21H,1,3-4,7-9,11,13H2/b19-12+. The van der Waals surface area contributed by atoms with E-state index in [2.05, 4.69) is 15.4 Å². The number of piperidine rings is 1. The minimum absolute atomic E-state index is 0.0816. The maximum atomic E-state index is 13.0. The van der Waals surface area contributed by atoms with Crippen LogP contribution in [0.2, 0.25) is 0 Å². The zero-order valence-corrected chi connectivity index (χ0v) is 15.9. The topological polar surface area (TPSA) is 96.1 Å². The van der Waals surface area contributed by atoms with Crippen LogP contribution in [0.1, 0.15) is 31.2 Å². The molecule has 1 unspecified atom stereocenters. The lowest BCUT2D eigenvalue weighted by Crippen LogP contribution is -2.34. The number of hydrogen-bond acceptors (Lipinski definition) is 7. The van der Waals surface area contributed by atoms with Gasteiger partial charge in [-0.1, -0.05) is 6.07 Å². The average Bonchev–Trinajstić information content (AvgIpc) is 3.03. The molecule has 1 N–H and O–H groups in total. The first-order valence-corrected chi connectivity index (χ1v) is 11.1. The monoisotopic (exact) mass is 389 g/mol. The highest BCUT2D eigenvalue weighted by Gasteiger charge is 2.27. The molecule has 0 bridgehead atoms. The van der Waals surface area contributed by atoms with Gasteiger partial charge < -0.3 is 10.3 Å². The van der Waals surface area contributed by atoms with E-state index in [1.54, 1.807) is 12.3 Å². The second-order valence-corrected chi connectivity index (χ2v) is 9.35. The molecule has 2 saturated heterocycles. The van der Waals surface area contributed by atoms with Gasteiger partial charge >= 0.3 is 0 Å². The van der Waals surface area contributed by atoms with Crippen molar-refractivity contribution in [2.24, 2.45) is 5.10 Å². The third-order valence-electron chi connectivity index (χ3n) is 5.09. The Bertz CT molecular complexity index is 1020. The number of hydrazone groups is 1. The molecule has 0 saturated carbocycles. The van der Waals surface area contributed by atoms with Crippen LogP contribution in [-0.2, 0) is 9.84 Å². The van der Waals surface area contributed by atoms with Crippen LogP contribution < -0.4 is 15.9 Å². The van der Waals surface area contributed by atoms with Gasteiger partial charge in [0.1, 0.15) is 17.0 Å². The quantitative estimate of drug-likeness (QED) is 0.614. The number of fused-ring (bicyclic) bond motifs is 1. The van der Waals surface area contributed by atoms with Crippen molar-refractivity contribution < 1.29 is 8.42 Å². The largest absolute Gasteiger partial charge is 0.356 e. The molecule has 0 aliphatic carbocycles. The summed E-state index contributed by atoms with van der Waals surface area (Å²) in [6.45, 7) is 1.73.